The predicted octanol–water partition coefficient (Wildman–Crippen LogP) is 3.96. The standard InChI is InChI=1S/C22H24N2O3/c1-2-3-8-21(25)24-14-13-22(26)27-16-17-9-11-18(12-10-17)20-7-5-4-6-19(20)15-23/h4-7,9-12H,2-3,8,13-14,16H2,1H3,(H,24,25). The topological polar surface area (TPSA) is 79.2 Å². The Bertz CT molecular complexity index is 807. The van der Waals surface area contributed by atoms with Crippen molar-refractivity contribution in [1.29, 1.82) is 5.26 Å². The van der Waals surface area contributed by atoms with Crippen molar-refractivity contribution in [2.75, 3.05) is 6.54 Å². The van der Waals surface area contributed by atoms with Crippen molar-refractivity contribution >= 4 is 11.9 Å². The normalized spacial score (nSPS) is 10.1. The molecule has 0 unspecified atom stereocenters. The molecule has 0 atom stereocenters. The number of carbonyl (C=O) groups excluding carboxylic acids is 2. The molecule has 0 spiro atoms. The lowest BCUT2D eigenvalue weighted by atomic mass is 9.99. The Morgan fingerprint density at radius 1 is 1.07 bits per heavy atom. The van der Waals surface area contributed by atoms with Crippen molar-refractivity contribution in [3.63, 3.8) is 0 Å². The van der Waals surface area contributed by atoms with E-state index < -0.39 is 0 Å². The number of esters is 1. The molecule has 5 nitrogen and oxygen atoms in total. The molecule has 0 fully saturated rings. The summed E-state index contributed by atoms with van der Waals surface area (Å²) < 4.78 is 5.24. The minimum atomic E-state index is -0.343. The molecule has 1 amide bonds. The maximum atomic E-state index is 11.8. The summed E-state index contributed by atoms with van der Waals surface area (Å²) in [5.74, 6) is -0.373. The van der Waals surface area contributed by atoms with Gasteiger partial charge >= 0.3 is 5.97 Å². The molecule has 140 valence electrons. The van der Waals surface area contributed by atoms with Gasteiger partial charge < -0.3 is 10.1 Å². The summed E-state index contributed by atoms with van der Waals surface area (Å²) in [6.45, 7) is 2.51. The summed E-state index contributed by atoms with van der Waals surface area (Å²) in [7, 11) is 0. The molecule has 2 aromatic carbocycles. The summed E-state index contributed by atoms with van der Waals surface area (Å²) >= 11 is 0. The average molecular weight is 364 g/mol. The van der Waals surface area contributed by atoms with Gasteiger partial charge in [0.25, 0.3) is 0 Å². The van der Waals surface area contributed by atoms with Crippen molar-refractivity contribution in [2.24, 2.45) is 0 Å². The third kappa shape index (κ3) is 6.59. The number of hydrogen-bond acceptors (Lipinski definition) is 4. The van der Waals surface area contributed by atoms with Gasteiger partial charge in [-0.25, -0.2) is 0 Å². The number of ether oxygens (including phenoxy) is 1. The van der Waals surface area contributed by atoms with Gasteiger partial charge in [0.05, 0.1) is 18.1 Å². The largest absolute Gasteiger partial charge is 0.461 e. The molecule has 0 saturated carbocycles. The molecule has 0 aliphatic heterocycles. The zero-order valence-corrected chi connectivity index (χ0v) is 15.5. The van der Waals surface area contributed by atoms with Crippen LogP contribution in [0.1, 0.15) is 43.7 Å². The van der Waals surface area contributed by atoms with Gasteiger partial charge in [-0.15, -0.1) is 0 Å². The smallest absolute Gasteiger partial charge is 0.307 e. The fourth-order valence-electron chi connectivity index (χ4n) is 2.58. The molecule has 2 rings (SSSR count). The van der Waals surface area contributed by atoms with Crippen LogP contribution in [0.3, 0.4) is 0 Å². The number of nitrogens with one attached hydrogen (secondary N) is 1. The van der Waals surface area contributed by atoms with Gasteiger partial charge in [-0.1, -0.05) is 55.8 Å². The number of carbonyl (C=O) groups is 2. The fraction of sp³-hybridized carbons (Fsp3) is 0.318. The lowest BCUT2D eigenvalue weighted by molar-refractivity contribution is -0.144. The van der Waals surface area contributed by atoms with Crippen LogP contribution < -0.4 is 5.32 Å². The van der Waals surface area contributed by atoms with E-state index in [9.17, 15) is 14.9 Å². The van der Waals surface area contributed by atoms with Crippen molar-refractivity contribution in [2.45, 2.75) is 39.2 Å². The number of hydrogen-bond donors (Lipinski definition) is 1. The first kappa shape index (κ1) is 20.2. The minimum absolute atomic E-state index is 0.0297. The monoisotopic (exact) mass is 364 g/mol. The molecule has 0 radical (unpaired) electrons. The predicted molar refractivity (Wildman–Crippen MR) is 104 cm³/mol. The van der Waals surface area contributed by atoms with Crippen molar-refractivity contribution in [3.05, 3.63) is 59.7 Å². The van der Waals surface area contributed by atoms with Gasteiger partial charge in [0.1, 0.15) is 6.61 Å². The first-order valence-corrected chi connectivity index (χ1v) is 9.14. The Hall–Kier alpha value is -3.13. The summed E-state index contributed by atoms with van der Waals surface area (Å²) in [6.07, 6.45) is 2.47. The highest BCUT2D eigenvalue weighted by atomic mass is 16.5. The molecule has 0 bridgehead atoms. The molecule has 5 heteroatoms. The van der Waals surface area contributed by atoms with Crippen molar-refractivity contribution in [3.8, 4) is 17.2 Å². The molecule has 0 aromatic heterocycles. The molecular formula is C22H24N2O3. The van der Waals surface area contributed by atoms with E-state index in [0.717, 1.165) is 29.5 Å². The van der Waals surface area contributed by atoms with Crippen LogP contribution in [-0.4, -0.2) is 18.4 Å². The molecule has 0 aliphatic carbocycles. The van der Waals surface area contributed by atoms with Crippen LogP contribution in [0.4, 0.5) is 0 Å². The van der Waals surface area contributed by atoms with Crippen LogP contribution in [0.25, 0.3) is 11.1 Å². The highest BCUT2D eigenvalue weighted by molar-refractivity contribution is 5.77. The number of amides is 1. The van der Waals surface area contributed by atoms with E-state index in [1.165, 1.54) is 0 Å². The van der Waals surface area contributed by atoms with Gasteiger partial charge in [-0.2, -0.15) is 5.26 Å². The summed E-state index contributed by atoms with van der Waals surface area (Å²) in [5, 5.41) is 11.9. The average Bonchev–Trinajstić information content (AvgIpc) is 2.71. The van der Waals surface area contributed by atoms with Crippen LogP contribution in [0.2, 0.25) is 0 Å². The van der Waals surface area contributed by atoms with Gasteiger partial charge in [0.15, 0.2) is 0 Å². The van der Waals surface area contributed by atoms with Gasteiger partial charge in [-0.05, 0) is 29.2 Å². The van der Waals surface area contributed by atoms with Crippen molar-refractivity contribution in [1.82, 2.24) is 5.32 Å². The molecule has 2 aromatic rings. The quantitative estimate of drug-likeness (QED) is 0.683. The third-order valence-electron chi connectivity index (χ3n) is 4.12. The molecule has 27 heavy (non-hydrogen) atoms. The Morgan fingerprint density at radius 2 is 1.81 bits per heavy atom. The van der Waals surface area contributed by atoms with Gasteiger partial charge in [0, 0.05) is 13.0 Å². The Morgan fingerprint density at radius 3 is 2.52 bits per heavy atom. The SMILES string of the molecule is CCCCC(=O)NCCC(=O)OCc1ccc(-c2ccccc2C#N)cc1. The first-order valence-electron chi connectivity index (χ1n) is 9.14. The first-order chi connectivity index (χ1) is 13.1. The maximum Gasteiger partial charge on any atom is 0.307 e. The molecule has 0 aliphatic rings. The molecular weight excluding hydrogens is 340 g/mol. The van der Waals surface area contributed by atoms with Crippen LogP contribution in [0.15, 0.2) is 48.5 Å². The van der Waals surface area contributed by atoms with E-state index in [2.05, 4.69) is 11.4 Å². The number of nitrogens with zero attached hydrogens (tertiary/aromatic N) is 1. The van der Waals surface area contributed by atoms with E-state index in [1.807, 2.05) is 49.4 Å². The number of rotatable bonds is 9. The number of benzene rings is 2. The number of unbranched alkanes of at least 4 members (excludes halogenated alkanes) is 1. The Kier molecular flexibility index (Phi) is 8.05. The lowest BCUT2D eigenvalue weighted by Crippen LogP contribution is -2.26. The summed E-state index contributed by atoms with van der Waals surface area (Å²) in [6, 6.07) is 17.2. The number of nitriles is 1. The van der Waals surface area contributed by atoms with E-state index in [0.29, 0.717) is 18.5 Å². The minimum Gasteiger partial charge on any atom is -0.461 e. The lowest BCUT2D eigenvalue weighted by Gasteiger charge is -2.08. The van der Waals surface area contributed by atoms with Crippen molar-refractivity contribution < 1.29 is 14.3 Å². The van der Waals surface area contributed by atoms with E-state index in [1.54, 1.807) is 6.07 Å². The van der Waals surface area contributed by atoms with Crippen LogP contribution in [-0.2, 0) is 20.9 Å². The second-order valence-electron chi connectivity index (χ2n) is 6.22. The Balaban J connectivity index is 1.79. The third-order valence-corrected chi connectivity index (χ3v) is 4.12. The van der Waals surface area contributed by atoms with E-state index in [-0.39, 0.29) is 24.9 Å². The zero-order chi connectivity index (χ0) is 19.5. The fourth-order valence-corrected chi connectivity index (χ4v) is 2.58. The van der Waals surface area contributed by atoms with E-state index >= 15 is 0 Å². The van der Waals surface area contributed by atoms with Gasteiger partial charge in [0.2, 0.25) is 5.91 Å². The molecule has 0 heterocycles. The highest BCUT2D eigenvalue weighted by Crippen LogP contribution is 2.23. The molecule has 0 saturated heterocycles. The van der Waals surface area contributed by atoms with Gasteiger partial charge in [-0.3, -0.25) is 9.59 Å². The van der Waals surface area contributed by atoms with Crippen LogP contribution >= 0.6 is 0 Å². The van der Waals surface area contributed by atoms with Crippen LogP contribution in [0.5, 0.6) is 0 Å². The highest BCUT2D eigenvalue weighted by Gasteiger charge is 2.07. The molecule has 1 N–H and O–H groups in total. The maximum absolute atomic E-state index is 11.8. The second kappa shape index (κ2) is 10.8. The van der Waals surface area contributed by atoms with E-state index in [4.69, 9.17) is 4.74 Å². The Labute approximate surface area is 160 Å². The van der Waals surface area contributed by atoms with Crippen LogP contribution in [0, 0.1) is 11.3 Å². The zero-order valence-electron chi connectivity index (χ0n) is 15.5. The summed E-state index contributed by atoms with van der Waals surface area (Å²) in [4.78, 5) is 23.2. The second-order valence-corrected chi connectivity index (χ2v) is 6.22. The summed E-state index contributed by atoms with van der Waals surface area (Å²) in [5.41, 5.74) is 3.31.